The van der Waals surface area contributed by atoms with E-state index in [1.807, 2.05) is 24.3 Å². The van der Waals surface area contributed by atoms with Crippen LogP contribution in [0.2, 0.25) is 0 Å². The Morgan fingerprint density at radius 2 is 2.14 bits per heavy atom. The molecule has 0 saturated carbocycles. The standard InChI is InChI=1S/C15H12N2O3S/c16-15-14-9(7-21-13(14)3-4-17-15)6-18-10-1-2-11-12(5-10)20-8-19-11/h1-5,7H,6,8H2,(H2,16,17). The summed E-state index contributed by atoms with van der Waals surface area (Å²) >= 11 is 1.64. The summed E-state index contributed by atoms with van der Waals surface area (Å²) in [5.41, 5.74) is 6.99. The van der Waals surface area contributed by atoms with Crippen molar-refractivity contribution >= 4 is 27.2 Å². The summed E-state index contributed by atoms with van der Waals surface area (Å²) in [5.74, 6) is 2.74. The number of fused-ring (bicyclic) bond motifs is 2. The Morgan fingerprint density at radius 1 is 1.24 bits per heavy atom. The van der Waals surface area contributed by atoms with Gasteiger partial charge in [0.15, 0.2) is 11.5 Å². The van der Waals surface area contributed by atoms with Crippen LogP contribution in [0, 0.1) is 0 Å². The van der Waals surface area contributed by atoms with E-state index in [4.69, 9.17) is 19.9 Å². The number of hydrogen-bond acceptors (Lipinski definition) is 6. The van der Waals surface area contributed by atoms with Gasteiger partial charge >= 0.3 is 0 Å². The largest absolute Gasteiger partial charge is 0.489 e. The summed E-state index contributed by atoms with van der Waals surface area (Å²) in [6, 6.07) is 7.50. The molecule has 5 nitrogen and oxygen atoms in total. The maximum absolute atomic E-state index is 5.95. The normalized spacial score (nSPS) is 12.8. The van der Waals surface area contributed by atoms with Crippen LogP contribution >= 0.6 is 11.3 Å². The molecule has 6 heteroatoms. The fourth-order valence-electron chi connectivity index (χ4n) is 2.31. The fraction of sp³-hybridized carbons (Fsp3) is 0.133. The molecule has 0 radical (unpaired) electrons. The Kier molecular flexibility index (Phi) is 2.82. The maximum Gasteiger partial charge on any atom is 0.231 e. The molecule has 4 rings (SSSR count). The van der Waals surface area contributed by atoms with Gasteiger partial charge in [-0.05, 0) is 23.6 Å². The number of benzene rings is 1. The fourth-order valence-corrected chi connectivity index (χ4v) is 3.26. The highest BCUT2D eigenvalue weighted by Gasteiger charge is 2.14. The van der Waals surface area contributed by atoms with Gasteiger partial charge in [0.1, 0.15) is 18.2 Å². The van der Waals surface area contributed by atoms with Crippen LogP contribution in [0.15, 0.2) is 35.8 Å². The van der Waals surface area contributed by atoms with Crippen molar-refractivity contribution in [3.05, 3.63) is 41.4 Å². The first-order valence-corrected chi connectivity index (χ1v) is 7.32. The molecule has 21 heavy (non-hydrogen) atoms. The Morgan fingerprint density at radius 3 is 3.10 bits per heavy atom. The van der Waals surface area contributed by atoms with Gasteiger partial charge in [-0.3, -0.25) is 0 Å². The first kappa shape index (κ1) is 12.3. The van der Waals surface area contributed by atoms with E-state index in [0.717, 1.165) is 27.1 Å². The quantitative estimate of drug-likeness (QED) is 0.804. The van der Waals surface area contributed by atoms with E-state index in [9.17, 15) is 0 Å². The van der Waals surface area contributed by atoms with Crippen molar-refractivity contribution in [2.24, 2.45) is 0 Å². The van der Waals surface area contributed by atoms with Gasteiger partial charge in [-0.2, -0.15) is 0 Å². The van der Waals surface area contributed by atoms with Gasteiger partial charge < -0.3 is 19.9 Å². The van der Waals surface area contributed by atoms with Crippen LogP contribution in [-0.4, -0.2) is 11.8 Å². The number of nitrogen functional groups attached to an aromatic ring is 1. The summed E-state index contributed by atoms with van der Waals surface area (Å²) < 4.78 is 17.6. The number of rotatable bonds is 3. The van der Waals surface area contributed by atoms with Crippen LogP contribution < -0.4 is 19.9 Å². The van der Waals surface area contributed by atoms with Gasteiger partial charge in [0.05, 0.1) is 0 Å². The predicted octanol–water partition coefficient (Wildman–Crippen LogP) is 3.19. The maximum atomic E-state index is 5.95. The summed E-state index contributed by atoms with van der Waals surface area (Å²) in [6.07, 6.45) is 1.72. The van der Waals surface area contributed by atoms with Crippen LogP contribution in [0.3, 0.4) is 0 Å². The lowest BCUT2D eigenvalue weighted by atomic mass is 10.2. The van der Waals surface area contributed by atoms with E-state index >= 15 is 0 Å². The van der Waals surface area contributed by atoms with Crippen molar-refractivity contribution < 1.29 is 14.2 Å². The number of hydrogen-bond donors (Lipinski definition) is 1. The molecular formula is C15H12N2O3S. The average Bonchev–Trinajstić information content (AvgIpc) is 3.11. The highest BCUT2D eigenvalue weighted by Crippen LogP contribution is 2.36. The lowest BCUT2D eigenvalue weighted by molar-refractivity contribution is 0.173. The summed E-state index contributed by atoms with van der Waals surface area (Å²) in [5, 5.41) is 3.03. The Bertz CT molecular complexity index is 816. The van der Waals surface area contributed by atoms with E-state index in [2.05, 4.69) is 10.4 Å². The number of nitrogens with zero attached hydrogens (tertiary/aromatic N) is 1. The second kappa shape index (κ2) is 4.82. The topological polar surface area (TPSA) is 66.6 Å². The zero-order valence-electron chi connectivity index (χ0n) is 11.0. The minimum atomic E-state index is 0.260. The third-order valence-electron chi connectivity index (χ3n) is 3.33. The molecule has 0 amide bonds. The van der Waals surface area contributed by atoms with Crippen molar-refractivity contribution in [1.82, 2.24) is 4.98 Å². The third-order valence-corrected chi connectivity index (χ3v) is 4.33. The minimum absolute atomic E-state index is 0.260. The monoisotopic (exact) mass is 300 g/mol. The number of ether oxygens (including phenoxy) is 3. The molecule has 106 valence electrons. The van der Waals surface area contributed by atoms with Crippen LogP contribution in [0.5, 0.6) is 17.2 Å². The van der Waals surface area contributed by atoms with Gasteiger partial charge in [-0.15, -0.1) is 11.3 Å². The zero-order valence-corrected chi connectivity index (χ0v) is 11.9. The molecule has 2 N–H and O–H groups in total. The van der Waals surface area contributed by atoms with E-state index < -0.39 is 0 Å². The Hall–Kier alpha value is -2.47. The minimum Gasteiger partial charge on any atom is -0.489 e. The highest BCUT2D eigenvalue weighted by atomic mass is 32.1. The van der Waals surface area contributed by atoms with E-state index in [0.29, 0.717) is 18.2 Å². The Labute approximate surface area is 124 Å². The molecule has 0 saturated heterocycles. The van der Waals surface area contributed by atoms with Crippen LogP contribution in [-0.2, 0) is 6.61 Å². The van der Waals surface area contributed by atoms with Crippen molar-refractivity contribution in [3.63, 3.8) is 0 Å². The lowest BCUT2D eigenvalue weighted by Gasteiger charge is -2.07. The molecule has 0 unspecified atom stereocenters. The van der Waals surface area contributed by atoms with Gasteiger partial charge in [0, 0.05) is 27.9 Å². The number of anilines is 1. The second-order valence-electron chi connectivity index (χ2n) is 4.63. The van der Waals surface area contributed by atoms with Gasteiger partial charge in [0.25, 0.3) is 0 Å². The molecular weight excluding hydrogens is 288 g/mol. The van der Waals surface area contributed by atoms with E-state index in [1.54, 1.807) is 17.5 Å². The van der Waals surface area contributed by atoms with Crippen molar-refractivity contribution in [3.8, 4) is 17.2 Å². The SMILES string of the molecule is Nc1nccc2scc(COc3ccc4c(c3)OCO4)c12. The first-order valence-electron chi connectivity index (χ1n) is 6.44. The molecule has 0 aliphatic carbocycles. The van der Waals surface area contributed by atoms with Gasteiger partial charge in [-0.25, -0.2) is 4.98 Å². The number of nitrogens with two attached hydrogens (primary N) is 1. The van der Waals surface area contributed by atoms with Gasteiger partial charge in [0.2, 0.25) is 6.79 Å². The molecule has 1 aliphatic rings. The van der Waals surface area contributed by atoms with Crippen molar-refractivity contribution in [2.75, 3.05) is 12.5 Å². The molecule has 0 fully saturated rings. The average molecular weight is 300 g/mol. The third kappa shape index (κ3) is 2.13. The molecule has 1 aromatic carbocycles. The molecule has 3 heterocycles. The van der Waals surface area contributed by atoms with E-state index in [1.165, 1.54) is 0 Å². The summed E-state index contributed by atoms with van der Waals surface area (Å²) in [7, 11) is 0. The molecule has 2 aromatic heterocycles. The molecule has 1 aliphatic heterocycles. The zero-order chi connectivity index (χ0) is 14.2. The van der Waals surface area contributed by atoms with Crippen LogP contribution in [0.1, 0.15) is 5.56 Å². The Balaban J connectivity index is 1.58. The summed E-state index contributed by atoms with van der Waals surface area (Å²) in [6.45, 7) is 0.700. The molecule has 3 aromatic rings. The van der Waals surface area contributed by atoms with Crippen LogP contribution in [0.4, 0.5) is 5.82 Å². The molecule has 0 atom stereocenters. The van der Waals surface area contributed by atoms with Crippen LogP contribution in [0.25, 0.3) is 10.1 Å². The number of pyridine rings is 1. The molecule has 0 bridgehead atoms. The van der Waals surface area contributed by atoms with Crippen molar-refractivity contribution in [1.29, 1.82) is 0 Å². The van der Waals surface area contributed by atoms with Crippen molar-refractivity contribution in [2.45, 2.75) is 6.61 Å². The second-order valence-corrected chi connectivity index (χ2v) is 5.55. The highest BCUT2D eigenvalue weighted by molar-refractivity contribution is 7.17. The smallest absolute Gasteiger partial charge is 0.231 e. The molecule has 0 spiro atoms. The number of thiophene rings is 1. The first-order chi connectivity index (χ1) is 10.3. The van der Waals surface area contributed by atoms with Gasteiger partial charge in [-0.1, -0.05) is 0 Å². The summed E-state index contributed by atoms with van der Waals surface area (Å²) in [4.78, 5) is 4.13. The van der Waals surface area contributed by atoms with E-state index in [-0.39, 0.29) is 6.79 Å². The lowest BCUT2D eigenvalue weighted by Crippen LogP contribution is -1.97. The number of aromatic nitrogens is 1. The predicted molar refractivity (Wildman–Crippen MR) is 80.9 cm³/mol.